The quantitative estimate of drug-likeness (QED) is 0.801. The highest BCUT2D eigenvalue weighted by Gasteiger charge is 2.22. The van der Waals surface area contributed by atoms with Gasteiger partial charge in [0.1, 0.15) is 0 Å². The number of carbonyl (C=O) groups excluding carboxylic acids is 2. The van der Waals surface area contributed by atoms with Crippen LogP contribution in [0.4, 0.5) is 11.4 Å². The number of benzene rings is 1. The molecule has 5 heteroatoms. The summed E-state index contributed by atoms with van der Waals surface area (Å²) in [5, 5.41) is 6.01. The highest BCUT2D eigenvalue weighted by molar-refractivity contribution is 5.95. The van der Waals surface area contributed by atoms with Crippen LogP contribution in [0.2, 0.25) is 0 Å². The SMILES string of the molecule is CCNCCC(=O)Nc1ccc2c(c1)CCN2C(C)=O. The van der Waals surface area contributed by atoms with Crippen molar-refractivity contribution in [2.75, 3.05) is 29.9 Å². The molecule has 1 aromatic rings. The molecule has 0 atom stereocenters. The average molecular weight is 275 g/mol. The van der Waals surface area contributed by atoms with Gasteiger partial charge in [0, 0.05) is 37.8 Å². The molecule has 0 unspecified atom stereocenters. The summed E-state index contributed by atoms with van der Waals surface area (Å²) in [6, 6.07) is 5.72. The predicted octanol–water partition coefficient (Wildman–Crippen LogP) is 1.53. The van der Waals surface area contributed by atoms with Crippen LogP contribution in [-0.4, -0.2) is 31.4 Å². The molecule has 0 aromatic heterocycles. The van der Waals surface area contributed by atoms with Gasteiger partial charge in [-0.3, -0.25) is 9.59 Å². The van der Waals surface area contributed by atoms with Crippen LogP contribution in [0.15, 0.2) is 18.2 Å². The van der Waals surface area contributed by atoms with Crippen LogP contribution in [0.5, 0.6) is 0 Å². The normalized spacial score (nSPS) is 13.2. The van der Waals surface area contributed by atoms with Gasteiger partial charge < -0.3 is 15.5 Å². The van der Waals surface area contributed by atoms with Crippen LogP contribution in [0, 0.1) is 0 Å². The molecule has 20 heavy (non-hydrogen) atoms. The Morgan fingerprint density at radius 1 is 1.35 bits per heavy atom. The first-order chi connectivity index (χ1) is 9.61. The third-order valence-corrected chi connectivity index (χ3v) is 3.42. The minimum absolute atomic E-state index is 0.00678. The average Bonchev–Trinajstić information content (AvgIpc) is 2.82. The third kappa shape index (κ3) is 3.36. The van der Waals surface area contributed by atoms with Gasteiger partial charge in [0.15, 0.2) is 0 Å². The maximum atomic E-state index is 11.7. The number of anilines is 2. The number of fused-ring (bicyclic) bond motifs is 1. The number of amides is 2. The van der Waals surface area contributed by atoms with Crippen molar-refractivity contribution in [3.63, 3.8) is 0 Å². The van der Waals surface area contributed by atoms with E-state index in [0.717, 1.165) is 36.4 Å². The summed E-state index contributed by atoms with van der Waals surface area (Å²) in [7, 11) is 0. The maximum absolute atomic E-state index is 11.7. The lowest BCUT2D eigenvalue weighted by atomic mass is 10.1. The number of hydrogen-bond donors (Lipinski definition) is 2. The molecule has 1 aliphatic heterocycles. The Morgan fingerprint density at radius 2 is 2.15 bits per heavy atom. The molecule has 2 rings (SSSR count). The Kier molecular flexibility index (Phi) is 4.74. The number of nitrogens with one attached hydrogen (secondary N) is 2. The number of hydrogen-bond acceptors (Lipinski definition) is 3. The lowest BCUT2D eigenvalue weighted by Crippen LogP contribution is -2.25. The summed E-state index contributed by atoms with van der Waals surface area (Å²) in [5.74, 6) is 0.0681. The summed E-state index contributed by atoms with van der Waals surface area (Å²) >= 11 is 0. The summed E-state index contributed by atoms with van der Waals surface area (Å²) < 4.78 is 0. The van der Waals surface area contributed by atoms with Gasteiger partial charge in [-0.2, -0.15) is 0 Å². The molecular formula is C15H21N3O2. The van der Waals surface area contributed by atoms with Crippen molar-refractivity contribution in [2.45, 2.75) is 26.7 Å². The molecule has 0 bridgehead atoms. The van der Waals surface area contributed by atoms with E-state index in [9.17, 15) is 9.59 Å². The second kappa shape index (κ2) is 6.52. The minimum Gasteiger partial charge on any atom is -0.326 e. The van der Waals surface area contributed by atoms with E-state index in [-0.39, 0.29) is 11.8 Å². The summed E-state index contributed by atoms with van der Waals surface area (Å²) in [5.41, 5.74) is 2.88. The standard InChI is InChI=1S/C15H21N3O2/c1-3-16-8-6-15(20)17-13-4-5-14-12(10-13)7-9-18(14)11(2)19/h4-5,10,16H,3,6-9H2,1-2H3,(H,17,20). The molecule has 0 saturated carbocycles. The molecule has 0 saturated heterocycles. The lowest BCUT2D eigenvalue weighted by Gasteiger charge is -2.15. The Balaban J connectivity index is 1.98. The van der Waals surface area contributed by atoms with E-state index in [1.165, 1.54) is 0 Å². The smallest absolute Gasteiger partial charge is 0.225 e. The molecule has 0 fully saturated rings. The fourth-order valence-electron chi connectivity index (χ4n) is 2.41. The maximum Gasteiger partial charge on any atom is 0.225 e. The van der Waals surface area contributed by atoms with E-state index in [4.69, 9.17) is 0 Å². The van der Waals surface area contributed by atoms with Crippen molar-refractivity contribution < 1.29 is 9.59 Å². The van der Waals surface area contributed by atoms with Crippen LogP contribution in [-0.2, 0) is 16.0 Å². The molecule has 1 aliphatic rings. The van der Waals surface area contributed by atoms with Crippen LogP contribution < -0.4 is 15.5 Å². The largest absolute Gasteiger partial charge is 0.326 e. The zero-order valence-electron chi connectivity index (χ0n) is 12.0. The van der Waals surface area contributed by atoms with Crippen molar-refractivity contribution >= 4 is 23.2 Å². The van der Waals surface area contributed by atoms with E-state index in [2.05, 4.69) is 10.6 Å². The van der Waals surface area contributed by atoms with E-state index >= 15 is 0 Å². The van der Waals surface area contributed by atoms with Gasteiger partial charge >= 0.3 is 0 Å². The number of carbonyl (C=O) groups is 2. The Morgan fingerprint density at radius 3 is 2.85 bits per heavy atom. The van der Waals surface area contributed by atoms with Gasteiger partial charge in [0.05, 0.1) is 0 Å². The fraction of sp³-hybridized carbons (Fsp3) is 0.467. The highest BCUT2D eigenvalue weighted by Crippen LogP contribution is 2.30. The van der Waals surface area contributed by atoms with Gasteiger partial charge in [-0.05, 0) is 36.7 Å². The van der Waals surface area contributed by atoms with Crippen molar-refractivity contribution in [1.82, 2.24) is 5.32 Å². The van der Waals surface area contributed by atoms with Gasteiger partial charge in [0.25, 0.3) is 0 Å². The van der Waals surface area contributed by atoms with Crippen LogP contribution in [0.25, 0.3) is 0 Å². The topological polar surface area (TPSA) is 61.4 Å². The van der Waals surface area contributed by atoms with Gasteiger partial charge in [-0.1, -0.05) is 6.92 Å². The molecule has 108 valence electrons. The molecule has 1 aromatic carbocycles. The van der Waals surface area contributed by atoms with Crippen molar-refractivity contribution in [3.05, 3.63) is 23.8 Å². The zero-order valence-corrected chi connectivity index (χ0v) is 12.0. The van der Waals surface area contributed by atoms with Crippen molar-refractivity contribution in [3.8, 4) is 0 Å². The Labute approximate surface area is 119 Å². The van der Waals surface area contributed by atoms with Gasteiger partial charge in [0.2, 0.25) is 11.8 Å². The van der Waals surface area contributed by atoms with E-state index < -0.39 is 0 Å². The zero-order chi connectivity index (χ0) is 14.5. The Bertz CT molecular complexity index is 514. The van der Waals surface area contributed by atoms with Crippen molar-refractivity contribution in [2.24, 2.45) is 0 Å². The van der Waals surface area contributed by atoms with Crippen LogP contribution in [0.3, 0.4) is 0 Å². The molecular weight excluding hydrogens is 254 g/mol. The molecule has 5 nitrogen and oxygen atoms in total. The number of nitrogens with zero attached hydrogens (tertiary/aromatic N) is 1. The molecule has 0 aliphatic carbocycles. The van der Waals surface area contributed by atoms with Gasteiger partial charge in [-0.25, -0.2) is 0 Å². The molecule has 0 radical (unpaired) electrons. The third-order valence-electron chi connectivity index (χ3n) is 3.42. The minimum atomic E-state index is 0.00678. The second-order valence-electron chi connectivity index (χ2n) is 4.92. The van der Waals surface area contributed by atoms with Crippen LogP contribution >= 0.6 is 0 Å². The van der Waals surface area contributed by atoms with Gasteiger partial charge in [-0.15, -0.1) is 0 Å². The molecule has 2 N–H and O–H groups in total. The summed E-state index contributed by atoms with van der Waals surface area (Å²) in [4.78, 5) is 25.0. The van der Waals surface area contributed by atoms with E-state index in [1.807, 2.05) is 25.1 Å². The van der Waals surface area contributed by atoms with E-state index in [1.54, 1.807) is 11.8 Å². The summed E-state index contributed by atoms with van der Waals surface area (Å²) in [6.07, 6.45) is 1.31. The van der Waals surface area contributed by atoms with Crippen molar-refractivity contribution in [1.29, 1.82) is 0 Å². The second-order valence-corrected chi connectivity index (χ2v) is 4.92. The number of rotatable bonds is 5. The first-order valence-corrected chi connectivity index (χ1v) is 7.03. The van der Waals surface area contributed by atoms with E-state index in [0.29, 0.717) is 13.0 Å². The highest BCUT2D eigenvalue weighted by atomic mass is 16.2. The summed E-state index contributed by atoms with van der Waals surface area (Å²) in [6.45, 7) is 5.87. The fourth-order valence-corrected chi connectivity index (χ4v) is 2.41. The first kappa shape index (κ1) is 14.5. The van der Waals surface area contributed by atoms with Crippen LogP contribution in [0.1, 0.15) is 25.8 Å². The lowest BCUT2D eigenvalue weighted by molar-refractivity contribution is -0.117. The molecule has 0 spiro atoms. The molecule has 1 heterocycles. The predicted molar refractivity (Wildman–Crippen MR) is 80.0 cm³/mol. The monoisotopic (exact) mass is 275 g/mol. The molecule has 2 amide bonds. The first-order valence-electron chi connectivity index (χ1n) is 7.03. The Hall–Kier alpha value is -1.88.